The number of nitriles is 1. The van der Waals surface area contributed by atoms with Crippen molar-refractivity contribution in [2.45, 2.75) is 51.0 Å². The predicted octanol–water partition coefficient (Wildman–Crippen LogP) is 3.52. The van der Waals surface area contributed by atoms with Crippen LogP contribution in [0.5, 0.6) is 5.75 Å². The van der Waals surface area contributed by atoms with Gasteiger partial charge in [-0.25, -0.2) is 14.9 Å². The first-order valence-corrected chi connectivity index (χ1v) is 11.3. The monoisotopic (exact) mass is 455 g/mol. The number of carbonyl (C=O) groups excluding carboxylic acids is 1. The minimum absolute atomic E-state index is 0.00661. The Morgan fingerprint density at radius 1 is 1.24 bits per heavy atom. The Morgan fingerprint density at radius 2 is 2.00 bits per heavy atom. The molecule has 1 saturated heterocycles. The van der Waals surface area contributed by atoms with E-state index in [1.807, 2.05) is 12.1 Å². The van der Waals surface area contributed by atoms with Crippen molar-refractivity contribution in [1.82, 2.24) is 10.5 Å². The van der Waals surface area contributed by atoms with Gasteiger partial charge in [-0.05, 0) is 37.8 Å². The summed E-state index contributed by atoms with van der Waals surface area (Å²) in [5.41, 5.74) is 8.82. The number of benzene rings is 1. The molecule has 2 aromatic rings. The SMILES string of the molecule is N#Cc1ccc(-c2cc(OCCCCCCC(=O)NO)cc(N3CCC(N)CC3)n2)cc1F. The highest BCUT2D eigenvalue weighted by Crippen LogP contribution is 2.29. The molecule has 1 fully saturated rings. The molecule has 0 saturated carbocycles. The summed E-state index contributed by atoms with van der Waals surface area (Å²) in [5.74, 6) is 0.452. The molecule has 2 heterocycles. The molecule has 176 valence electrons. The van der Waals surface area contributed by atoms with E-state index < -0.39 is 5.82 Å². The summed E-state index contributed by atoms with van der Waals surface area (Å²) in [5, 5.41) is 17.5. The van der Waals surface area contributed by atoms with E-state index in [2.05, 4.69) is 4.90 Å². The number of hydrogen-bond acceptors (Lipinski definition) is 7. The average Bonchev–Trinajstić information content (AvgIpc) is 2.83. The average molecular weight is 456 g/mol. The van der Waals surface area contributed by atoms with Gasteiger partial charge in [-0.1, -0.05) is 18.9 Å². The molecular weight excluding hydrogens is 425 g/mol. The van der Waals surface area contributed by atoms with Gasteiger partial charge in [0.25, 0.3) is 0 Å². The molecule has 1 aromatic heterocycles. The van der Waals surface area contributed by atoms with Crippen LogP contribution in [-0.4, -0.2) is 41.8 Å². The molecule has 0 radical (unpaired) electrons. The summed E-state index contributed by atoms with van der Waals surface area (Å²) in [6.07, 6.45) is 5.34. The van der Waals surface area contributed by atoms with E-state index in [9.17, 15) is 9.18 Å². The van der Waals surface area contributed by atoms with Crippen LogP contribution in [0.15, 0.2) is 30.3 Å². The molecule has 33 heavy (non-hydrogen) atoms. The molecule has 3 rings (SSSR count). The van der Waals surface area contributed by atoms with Gasteiger partial charge >= 0.3 is 0 Å². The second-order valence-corrected chi connectivity index (χ2v) is 8.22. The number of nitrogens with one attached hydrogen (secondary N) is 1. The molecule has 9 heteroatoms. The van der Waals surface area contributed by atoms with Crippen molar-refractivity contribution in [3.05, 3.63) is 41.7 Å². The minimum atomic E-state index is -0.580. The summed E-state index contributed by atoms with van der Waals surface area (Å²) in [7, 11) is 0. The van der Waals surface area contributed by atoms with Gasteiger partial charge in [0.15, 0.2) is 0 Å². The molecule has 1 aliphatic rings. The maximum atomic E-state index is 14.2. The summed E-state index contributed by atoms with van der Waals surface area (Å²) < 4.78 is 20.2. The standard InChI is InChI=1S/C24H30FN5O3/c25-21-13-17(6-7-18(21)16-26)22-14-20(33-12-4-2-1-3-5-24(31)29-32)15-23(28-22)30-10-8-19(27)9-11-30/h6-7,13-15,19,32H,1-5,8-12,27H2,(H,29,31). The fraction of sp³-hybridized carbons (Fsp3) is 0.458. The zero-order valence-corrected chi connectivity index (χ0v) is 18.6. The van der Waals surface area contributed by atoms with E-state index in [4.69, 9.17) is 25.9 Å². The zero-order valence-electron chi connectivity index (χ0n) is 18.6. The van der Waals surface area contributed by atoms with Crippen LogP contribution in [0.3, 0.4) is 0 Å². The number of rotatable bonds is 10. The molecule has 0 aliphatic carbocycles. The third kappa shape index (κ3) is 7.14. The molecule has 0 bridgehead atoms. The number of carbonyl (C=O) groups is 1. The maximum absolute atomic E-state index is 14.2. The van der Waals surface area contributed by atoms with Gasteiger partial charge < -0.3 is 15.4 Å². The van der Waals surface area contributed by atoms with E-state index in [0.717, 1.165) is 51.0 Å². The number of nitrogens with two attached hydrogens (primary N) is 1. The molecule has 0 atom stereocenters. The Labute approximate surface area is 193 Å². The lowest BCUT2D eigenvalue weighted by Crippen LogP contribution is -2.40. The highest BCUT2D eigenvalue weighted by atomic mass is 19.1. The molecule has 1 aliphatic heterocycles. The van der Waals surface area contributed by atoms with Crippen molar-refractivity contribution in [1.29, 1.82) is 5.26 Å². The molecular formula is C24H30FN5O3. The molecule has 1 aromatic carbocycles. The van der Waals surface area contributed by atoms with Gasteiger partial charge in [-0.15, -0.1) is 0 Å². The number of halogens is 1. The second-order valence-electron chi connectivity index (χ2n) is 8.22. The van der Waals surface area contributed by atoms with Crippen LogP contribution in [-0.2, 0) is 4.79 Å². The smallest absolute Gasteiger partial charge is 0.243 e. The lowest BCUT2D eigenvalue weighted by atomic mass is 10.1. The lowest BCUT2D eigenvalue weighted by molar-refractivity contribution is -0.129. The molecule has 1 amide bonds. The van der Waals surface area contributed by atoms with E-state index in [-0.39, 0.29) is 17.5 Å². The summed E-state index contributed by atoms with van der Waals surface area (Å²) >= 11 is 0. The molecule has 0 unspecified atom stereocenters. The Morgan fingerprint density at radius 3 is 2.70 bits per heavy atom. The second kappa shape index (κ2) is 12.1. The van der Waals surface area contributed by atoms with Crippen LogP contribution in [0.1, 0.15) is 50.5 Å². The first-order valence-electron chi connectivity index (χ1n) is 11.3. The van der Waals surface area contributed by atoms with Crippen LogP contribution < -0.4 is 20.9 Å². The Bertz CT molecular complexity index is 987. The van der Waals surface area contributed by atoms with Gasteiger partial charge in [0.2, 0.25) is 5.91 Å². The first kappa shape index (κ1) is 24.4. The van der Waals surface area contributed by atoms with E-state index >= 15 is 0 Å². The third-order valence-electron chi connectivity index (χ3n) is 5.73. The minimum Gasteiger partial charge on any atom is -0.493 e. The van der Waals surface area contributed by atoms with Crippen molar-refractivity contribution in [3.63, 3.8) is 0 Å². The van der Waals surface area contributed by atoms with Crippen molar-refractivity contribution in [2.24, 2.45) is 5.73 Å². The Kier molecular flexibility index (Phi) is 8.98. The number of amides is 1. The highest BCUT2D eigenvalue weighted by molar-refractivity contribution is 5.74. The van der Waals surface area contributed by atoms with Gasteiger partial charge in [0.1, 0.15) is 23.5 Å². The zero-order chi connectivity index (χ0) is 23.6. The number of hydrogen-bond donors (Lipinski definition) is 3. The highest BCUT2D eigenvalue weighted by Gasteiger charge is 2.19. The first-order chi connectivity index (χ1) is 16.0. The summed E-state index contributed by atoms with van der Waals surface area (Å²) in [6, 6.07) is 10.2. The van der Waals surface area contributed by atoms with E-state index in [1.165, 1.54) is 12.1 Å². The number of nitrogens with zero attached hydrogens (tertiary/aromatic N) is 3. The number of hydroxylamine groups is 1. The number of pyridine rings is 1. The number of ether oxygens (including phenoxy) is 1. The van der Waals surface area contributed by atoms with Crippen LogP contribution in [0.2, 0.25) is 0 Å². The fourth-order valence-corrected chi connectivity index (χ4v) is 3.77. The van der Waals surface area contributed by atoms with Crippen molar-refractivity contribution in [2.75, 3.05) is 24.6 Å². The van der Waals surface area contributed by atoms with Crippen LogP contribution in [0, 0.1) is 17.1 Å². The summed E-state index contributed by atoms with van der Waals surface area (Å²) in [4.78, 5) is 17.9. The van der Waals surface area contributed by atoms with Gasteiger partial charge in [0, 0.05) is 43.2 Å². The van der Waals surface area contributed by atoms with E-state index in [0.29, 0.717) is 36.5 Å². The van der Waals surface area contributed by atoms with Crippen LogP contribution in [0.25, 0.3) is 11.3 Å². The quantitative estimate of drug-likeness (QED) is 0.284. The van der Waals surface area contributed by atoms with Crippen LogP contribution in [0.4, 0.5) is 10.2 Å². The van der Waals surface area contributed by atoms with Gasteiger partial charge in [0.05, 0.1) is 17.9 Å². The van der Waals surface area contributed by atoms with Crippen molar-refractivity contribution in [3.8, 4) is 23.1 Å². The van der Waals surface area contributed by atoms with Gasteiger partial charge in [-0.3, -0.25) is 10.0 Å². The Hall–Kier alpha value is -3.22. The maximum Gasteiger partial charge on any atom is 0.243 e. The largest absolute Gasteiger partial charge is 0.493 e. The number of piperidine rings is 1. The summed E-state index contributed by atoms with van der Waals surface area (Å²) in [6.45, 7) is 2.09. The normalized spacial score (nSPS) is 14.1. The molecule has 8 nitrogen and oxygen atoms in total. The predicted molar refractivity (Wildman–Crippen MR) is 122 cm³/mol. The number of unbranched alkanes of at least 4 members (excludes halogenated alkanes) is 3. The molecule has 0 spiro atoms. The van der Waals surface area contributed by atoms with Gasteiger partial charge in [-0.2, -0.15) is 5.26 Å². The third-order valence-corrected chi connectivity index (χ3v) is 5.73. The van der Waals surface area contributed by atoms with E-state index in [1.54, 1.807) is 17.6 Å². The van der Waals surface area contributed by atoms with Crippen molar-refractivity contribution < 1.29 is 19.1 Å². The number of aromatic nitrogens is 1. The van der Waals surface area contributed by atoms with Crippen LogP contribution >= 0.6 is 0 Å². The fourth-order valence-electron chi connectivity index (χ4n) is 3.77. The molecule has 4 N–H and O–H groups in total. The Balaban J connectivity index is 1.69. The number of anilines is 1. The van der Waals surface area contributed by atoms with Crippen molar-refractivity contribution >= 4 is 11.7 Å². The topological polar surface area (TPSA) is 124 Å². The lowest BCUT2D eigenvalue weighted by Gasteiger charge is -2.31.